The maximum Gasteiger partial charge on any atom is 0.0949 e. The first-order valence-electron chi connectivity index (χ1n) is 5.28. The second kappa shape index (κ2) is 3.39. The lowest BCUT2D eigenvalue weighted by Crippen LogP contribution is -2.18. The summed E-state index contributed by atoms with van der Waals surface area (Å²) in [6, 6.07) is 0. The molecule has 0 amide bonds. The fraction of sp³-hybridized carbons (Fsp3) is 0.727. The minimum atomic E-state index is 0.0914. The molecule has 1 heterocycles. The normalized spacial score (nSPS) is 18.9. The van der Waals surface area contributed by atoms with Gasteiger partial charge in [-0.3, -0.25) is 0 Å². The third kappa shape index (κ3) is 1.57. The van der Waals surface area contributed by atoms with E-state index in [2.05, 4.69) is 23.4 Å². The smallest absolute Gasteiger partial charge is 0.0949 e. The zero-order chi connectivity index (χ0) is 10.2. The van der Waals surface area contributed by atoms with Crippen molar-refractivity contribution in [1.82, 2.24) is 9.55 Å². The predicted molar refractivity (Wildman–Crippen MR) is 54.7 cm³/mol. The third-order valence-corrected chi connectivity index (χ3v) is 3.56. The van der Waals surface area contributed by atoms with E-state index in [0.29, 0.717) is 5.41 Å². The van der Waals surface area contributed by atoms with E-state index >= 15 is 0 Å². The third-order valence-electron chi connectivity index (χ3n) is 3.56. The largest absolute Gasteiger partial charge is 0.390 e. The van der Waals surface area contributed by atoms with E-state index in [1.807, 2.05) is 6.33 Å². The van der Waals surface area contributed by atoms with Crippen molar-refractivity contribution in [3.63, 3.8) is 0 Å². The van der Waals surface area contributed by atoms with Gasteiger partial charge in [-0.15, -0.1) is 0 Å². The van der Waals surface area contributed by atoms with E-state index < -0.39 is 0 Å². The molecule has 3 heteroatoms. The Morgan fingerprint density at radius 1 is 1.57 bits per heavy atom. The first kappa shape index (κ1) is 9.71. The van der Waals surface area contributed by atoms with E-state index in [4.69, 9.17) is 5.11 Å². The van der Waals surface area contributed by atoms with Gasteiger partial charge in [-0.1, -0.05) is 13.8 Å². The molecule has 0 radical (unpaired) electrons. The van der Waals surface area contributed by atoms with Crippen LogP contribution in [0, 0.1) is 11.3 Å². The molecule has 1 aromatic heterocycles. The maximum absolute atomic E-state index is 9.10. The summed E-state index contributed by atoms with van der Waals surface area (Å²) < 4.78 is 2.09. The van der Waals surface area contributed by atoms with Crippen molar-refractivity contribution in [2.24, 2.45) is 11.3 Å². The Hall–Kier alpha value is -0.830. The molecular weight excluding hydrogens is 176 g/mol. The molecule has 1 fully saturated rings. The van der Waals surface area contributed by atoms with Gasteiger partial charge in [-0.2, -0.15) is 0 Å². The van der Waals surface area contributed by atoms with Crippen molar-refractivity contribution in [3.8, 4) is 0 Å². The van der Waals surface area contributed by atoms with Gasteiger partial charge >= 0.3 is 0 Å². The summed E-state index contributed by atoms with van der Waals surface area (Å²) in [6.07, 6.45) is 6.20. The number of imidazole rings is 1. The van der Waals surface area contributed by atoms with E-state index in [1.54, 1.807) is 6.20 Å². The van der Waals surface area contributed by atoms with Crippen molar-refractivity contribution in [3.05, 3.63) is 18.2 Å². The quantitative estimate of drug-likeness (QED) is 0.793. The van der Waals surface area contributed by atoms with Crippen molar-refractivity contribution in [2.75, 3.05) is 0 Å². The van der Waals surface area contributed by atoms with Gasteiger partial charge in [0.25, 0.3) is 0 Å². The summed E-state index contributed by atoms with van der Waals surface area (Å²) in [5.74, 6) is 0.719. The second-order valence-corrected chi connectivity index (χ2v) is 4.69. The molecule has 0 aromatic carbocycles. The zero-order valence-corrected chi connectivity index (χ0v) is 8.90. The van der Waals surface area contributed by atoms with E-state index in [9.17, 15) is 0 Å². The van der Waals surface area contributed by atoms with Crippen LogP contribution >= 0.6 is 0 Å². The Morgan fingerprint density at radius 2 is 2.29 bits per heavy atom. The number of aromatic nitrogens is 2. The number of rotatable bonds is 4. The van der Waals surface area contributed by atoms with Crippen LogP contribution in [0.2, 0.25) is 0 Å². The molecule has 1 aliphatic carbocycles. The van der Waals surface area contributed by atoms with Crippen molar-refractivity contribution < 1.29 is 5.11 Å². The molecule has 1 saturated carbocycles. The van der Waals surface area contributed by atoms with E-state index in [0.717, 1.165) is 18.2 Å². The molecule has 1 aromatic rings. The molecule has 1 N–H and O–H groups in total. The Kier molecular flexibility index (Phi) is 2.35. The molecule has 2 rings (SSSR count). The first-order chi connectivity index (χ1) is 6.68. The van der Waals surface area contributed by atoms with Crippen LogP contribution in [-0.4, -0.2) is 14.7 Å². The topological polar surface area (TPSA) is 38.0 Å². The Labute approximate surface area is 84.8 Å². The lowest BCUT2D eigenvalue weighted by Gasteiger charge is -2.21. The first-order valence-corrected chi connectivity index (χ1v) is 5.28. The van der Waals surface area contributed by atoms with Crippen LogP contribution in [-0.2, 0) is 13.2 Å². The molecule has 3 nitrogen and oxygen atoms in total. The summed E-state index contributed by atoms with van der Waals surface area (Å²) in [5, 5.41) is 9.10. The van der Waals surface area contributed by atoms with Gasteiger partial charge in [-0.05, 0) is 24.2 Å². The molecular formula is C11H18N2O. The highest BCUT2D eigenvalue weighted by Gasteiger charge is 2.45. The molecule has 14 heavy (non-hydrogen) atoms. The highest BCUT2D eigenvalue weighted by Crippen LogP contribution is 2.53. The predicted octanol–water partition coefficient (Wildman–Crippen LogP) is 1.81. The second-order valence-electron chi connectivity index (χ2n) is 4.69. The summed E-state index contributed by atoms with van der Waals surface area (Å²) in [7, 11) is 0. The molecule has 0 unspecified atom stereocenters. The van der Waals surface area contributed by atoms with E-state index in [-0.39, 0.29) is 6.61 Å². The summed E-state index contributed by atoms with van der Waals surface area (Å²) in [5.41, 5.74) is 1.40. The summed E-state index contributed by atoms with van der Waals surface area (Å²) in [4.78, 5) is 4.07. The fourth-order valence-corrected chi connectivity index (χ4v) is 2.04. The number of aliphatic hydroxyl groups is 1. The number of hydrogen-bond donors (Lipinski definition) is 1. The molecule has 78 valence electrons. The van der Waals surface area contributed by atoms with Crippen LogP contribution in [0.1, 0.15) is 32.4 Å². The van der Waals surface area contributed by atoms with Crippen molar-refractivity contribution >= 4 is 0 Å². The summed E-state index contributed by atoms with van der Waals surface area (Å²) >= 11 is 0. The molecule has 0 aliphatic heterocycles. The van der Waals surface area contributed by atoms with Crippen LogP contribution in [0.4, 0.5) is 0 Å². The van der Waals surface area contributed by atoms with Crippen LogP contribution in [0.15, 0.2) is 12.5 Å². The van der Waals surface area contributed by atoms with Gasteiger partial charge in [0.2, 0.25) is 0 Å². The number of nitrogens with zero attached hydrogens (tertiary/aromatic N) is 2. The Bertz CT molecular complexity index is 313. The van der Waals surface area contributed by atoms with Gasteiger partial charge < -0.3 is 9.67 Å². The highest BCUT2D eigenvalue weighted by molar-refractivity contribution is 5.02. The molecule has 1 aliphatic rings. The minimum Gasteiger partial charge on any atom is -0.390 e. The van der Waals surface area contributed by atoms with E-state index in [1.165, 1.54) is 12.8 Å². The van der Waals surface area contributed by atoms with Crippen LogP contribution in [0.3, 0.4) is 0 Å². The highest BCUT2D eigenvalue weighted by atomic mass is 16.3. The zero-order valence-electron chi connectivity index (χ0n) is 8.90. The monoisotopic (exact) mass is 194 g/mol. The standard InChI is InChI=1S/C11H18N2O/c1-9(2)11(3-4-11)7-13-8-12-5-10(13)6-14/h5,8-9,14H,3-4,6-7H2,1-2H3. The van der Waals surface area contributed by atoms with Gasteiger partial charge in [0.1, 0.15) is 0 Å². The minimum absolute atomic E-state index is 0.0914. The number of aliphatic hydroxyl groups excluding tert-OH is 1. The summed E-state index contributed by atoms with van der Waals surface area (Å²) in [6.45, 7) is 5.67. The van der Waals surface area contributed by atoms with Crippen molar-refractivity contribution in [2.45, 2.75) is 39.8 Å². The van der Waals surface area contributed by atoms with Crippen LogP contribution in [0.25, 0.3) is 0 Å². The lowest BCUT2D eigenvalue weighted by molar-refractivity contribution is 0.254. The van der Waals surface area contributed by atoms with Gasteiger partial charge in [-0.25, -0.2) is 4.98 Å². The molecule has 0 spiro atoms. The molecule has 0 atom stereocenters. The Balaban J connectivity index is 2.11. The van der Waals surface area contributed by atoms with Gasteiger partial charge in [0, 0.05) is 6.54 Å². The van der Waals surface area contributed by atoms with Gasteiger partial charge in [0.15, 0.2) is 0 Å². The molecule has 0 bridgehead atoms. The fourth-order valence-electron chi connectivity index (χ4n) is 2.04. The number of hydrogen-bond acceptors (Lipinski definition) is 2. The molecule has 0 saturated heterocycles. The SMILES string of the molecule is CC(C)C1(Cn2cncc2CO)CC1. The maximum atomic E-state index is 9.10. The van der Waals surface area contributed by atoms with Gasteiger partial charge in [0.05, 0.1) is 24.8 Å². The lowest BCUT2D eigenvalue weighted by atomic mass is 9.92. The van der Waals surface area contributed by atoms with Crippen LogP contribution in [0.5, 0.6) is 0 Å². The average molecular weight is 194 g/mol. The van der Waals surface area contributed by atoms with Crippen molar-refractivity contribution in [1.29, 1.82) is 0 Å². The Morgan fingerprint density at radius 3 is 2.79 bits per heavy atom. The van der Waals surface area contributed by atoms with Crippen LogP contribution < -0.4 is 0 Å². The average Bonchev–Trinajstić information content (AvgIpc) is 2.79.